The molecular formula is C14H19N. The third-order valence-electron chi connectivity index (χ3n) is 2.37. The van der Waals surface area contributed by atoms with Gasteiger partial charge < -0.3 is 5.41 Å². The summed E-state index contributed by atoms with van der Waals surface area (Å²) in [6.45, 7) is 8.46. The number of allylic oxidation sites excluding steroid dienone is 1. The minimum absolute atomic E-state index is 0.546. The molecule has 0 fully saturated rings. The van der Waals surface area contributed by atoms with E-state index < -0.39 is 0 Å². The Kier molecular flexibility index (Phi) is 3.84. The van der Waals surface area contributed by atoms with Gasteiger partial charge >= 0.3 is 0 Å². The van der Waals surface area contributed by atoms with Gasteiger partial charge in [-0.2, -0.15) is 0 Å². The molecule has 1 heteroatoms. The molecule has 0 aromatic heterocycles. The van der Waals surface area contributed by atoms with Crippen LogP contribution in [0.2, 0.25) is 0 Å². The van der Waals surface area contributed by atoms with Gasteiger partial charge in [-0.3, -0.25) is 0 Å². The summed E-state index contributed by atoms with van der Waals surface area (Å²) in [6, 6.07) is 4.25. The standard InChI is InChI=1S/C14H19N/c1-10(2)5-6-13-8-11(3)7-12(4)14(13)9-15/h5-10,15H,1-4H3/b6-5-,15-9?. The molecule has 0 unspecified atom stereocenters. The van der Waals surface area contributed by atoms with Crippen molar-refractivity contribution in [1.82, 2.24) is 0 Å². The van der Waals surface area contributed by atoms with Gasteiger partial charge in [-0.25, -0.2) is 0 Å². The van der Waals surface area contributed by atoms with Crippen molar-refractivity contribution in [2.45, 2.75) is 27.7 Å². The molecule has 1 nitrogen and oxygen atoms in total. The maximum absolute atomic E-state index is 7.42. The summed E-state index contributed by atoms with van der Waals surface area (Å²) in [5.41, 5.74) is 4.60. The first-order chi connectivity index (χ1) is 7.04. The number of nitrogens with one attached hydrogen (secondary N) is 1. The van der Waals surface area contributed by atoms with E-state index in [0.29, 0.717) is 5.92 Å². The summed E-state index contributed by atoms with van der Waals surface area (Å²) in [5.74, 6) is 0.546. The Bertz CT molecular complexity index is 387. The maximum Gasteiger partial charge on any atom is 0.0259 e. The molecule has 0 heterocycles. The van der Waals surface area contributed by atoms with Crippen LogP contribution in [0.5, 0.6) is 0 Å². The fourth-order valence-electron chi connectivity index (χ4n) is 1.64. The van der Waals surface area contributed by atoms with E-state index in [1.165, 1.54) is 17.3 Å². The zero-order valence-corrected chi connectivity index (χ0v) is 9.96. The SMILES string of the molecule is Cc1cc(C)c(C=N)c(/C=C\C(C)C)c1. The molecule has 0 spiro atoms. The van der Waals surface area contributed by atoms with Gasteiger partial charge in [0.1, 0.15) is 0 Å². The van der Waals surface area contributed by atoms with Crippen LogP contribution in [0.4, 0.5) is 0 Å². The number of benzene rings is 1. The summed E-state index contributed by atoms with van der Waals surface area (Å²) in [6.07, 6.45) is 5.72. The Hall–Kier alpha value is -1.37. The molecule has 1 rings (SSSR count). The predicted molar refractivity (Wildman–Crippen MR) is 67.7 cm³/mol. The van der Waals surface area contributed by atoms with Crippen LogP contribution in [-0.2, 0) is 0 Å². The van der Waals surface area contributed by atoms with Gasteiger partial charge in [0.2, 0.25) is 0 Å². The maximum atomic E-state index is 7.42. The highest BCUT2D eigenvalue weighted by atomic mass is 14.3. The Balaban J connectivity index is 3.20. The van der Waals surface area contributed by atoms with Crippen LogP contribution in [0.1, 0.15) is 36.1 Å². The molecule has 1 aromatic rings. The molecule has 0 bridgehead atoms. The van der Waals surface area contributed by atoms with Crippen LogP contribution in [0.3, 0.4) is 0 Å². The topological polar surface area (TPSA) is 23.9 Å². The van der Waals surface area contributed by atoms with Gasteiger partial charge in [0, 0.05) is 11.8 Å². The first kappa shape index (κ1) is 11.7. The summed E-state index contributed by atoms with van der Waals surface area (Å²) >= 11 is 0. The van der Waals surface area contributed by atoms with E-state index in [1.54, 1.807) is 0 Å². The molecule has 0 aliphatic rings. The van der Waals surface area contributed by atoms with Crippen LogP contribution in [-0.4, -0.2) is 6.21 Å². The fourth-order valence-corrected chi connectivity index (χ4v) is 1.64. The third-order valence-corrected chi connectivity index (χ3v) is 2.37. The first-order valence-corrected chi connectivity index (χ1v) is 5.34. The molecule has 0 saturated carbocycles. The zero-order chi connectivity index (χ0) is 11.4. The van der Waals surface area contributed by atoms with E-state index in [0.717, 1.165) is 11.1 Å². The molecule has 0 aliphatic carbocycles. The van der Waals surface area contributed by atoms with E-state index in [2.05, 4.69) is 52.0 Å². The highest BCUT2D eigenvalue weighted by Gasteiger charge is 2.01. The molecule has 0 amide bonds. The fraction of sp³-hybridized carbons (Fsp3) is 0.357. The largest absolute Gasteiger partial charge is 0.308 e. The quantitative estimate of drug-likeness (QED) is 0.715. The highest BCUT2D eigenvalue weighted by Crippen LogP contribution is 2.17. The molecule has 0 atom stereocenters. The van der Waals surface area contributed by atoms with Crippen LogP contribution in [0.25, 0.3) is 6.08 Å². The zero-order valence-electron chi connectivity index (χ0n) is 9.96. The van der Waals surface area contributed by atoms with Gasteiger partial charge in [0.25, 0.3) is 0 Å². The minimum Gasteiger partial charge on any atom is -0.308 e. The molecule has 0 aliphatic heterocycles. The van der Waals surface area contributed by atoms with Gasteiger partial charge in [-0.15, -0.1) is 0 Å². The smallest absolute Gasteiger partial charge is 0.0259 e. The number of hydrogen-bond acceptors (Lipinski definition) is 1. The summed E-state index contributed by atoms with van der Waals surface area (Å²) in [4.78, 5) is 0. The molecule has 15 heavy (non-hydrogen) atoms. The van der Waals surface area contributed by atoms with Crippen molar-refractivity contribution in [1.29, 1.82) is 5.41 Å². The lowest BCUT2D eigenvalue weighted by molar-refractivity contribution is 0.836. The second-order valence-corrected chi connectivity index (χ2v) is 4.33. The van der Waals surface area contributed by atoms with Crippen molar-refractivity contribution >= 4 is 12.3 Å². The summed E-state index contributed by atoms with van der Waals surface area (Å²) < 4.78 is 0. The average Bonchev–Trinajstić information content (AvgIpc) is 2.13. The summed E-state index contributed by atoms with van der Waals surface area (Å²) in [7, 11) is 0. The predicted octanol–water partition coefficient (Wildman–Crippen LogP) is 3.97. The van der Waals surface area contributed by atoms with E-state index in [1.807, 2.05) is 0 Å². The number of hydrogen-bond donors (Lipinski definition) is 1. The lowest BCUT2D eigenvalue weighted by Crippen LogP contribution is -1.93. The van der Waals surface area contributed by atoms with E-state index >= 15 is 0 Å². The van der Waals surface area contributed by atoms with Crippen molar-refractivity contribution in [3.63, 3.8) is 0 Å². The minimum atomic E-state index is 0.546. The first-order valence-electron chi connectivity index (χ1n) is 5.34. The molecule has 0 saturated heterocycles. The van der Waals surface area contributed by atoms with E-state index in [9.17, 15) is 0 Å². The number of rotatable bonds is 3. The molecule has 1 N–H and O–H groups in total. The van der Waals surface area contributed by atoms with Crippen LogP contribution in [0.15, 0.2) is 18.2 Å². The van der Waals surface area contributed by atoms with E-state index in [4.69, 9.17) is 5.41 Å². The van der Waals surface area contributed by atoms with Crippen molar-refractivity contribution in [3.05, 3.63) is 40.5 Å². The van der Waals surface area contributed by atoms with Crippen LogP contribution < -0.4 is 0 Å². The van der Waals surface area contributed by atoms with Crippen molar-refractivity contribution in [2.75, 3.05) is 0 Å². The lowest BCUT2D eigenvalue weighted by atomic mass is 9.98. The highest BCUT2D eigenvalue weighted by molar-refractivity contribution is 5.85. The average molecular weight is 201 g/mol. The Morgan fingerprint density at radius 1 is 1.20 bits per heavy atom. The van der Waals surface area contributed by atoms with Crippen molar-refractivity contribution < 1.29 is 0 Å². The second kappa shape index (κ2) is 4.92. The van der Waals surface area contributed by atoms with Crippen molar-refractivity contribution in [2.24, 2.45) is 5.92 Å². The van der Waals surface area contributed by atoms with E-state index in [-0.39, 0.29) is 0 Å². The Morgan fingerprint density at radius 3 is 2.40 bits per heavy atom. The van der Waals surface area contributed by atoms with Gasteiger partial charge in [-0.1, -0.05) is 43.7 Å². The third kappa shape index (κ3) is 3.05. The van der Waals surface area contributed by atoms with Crippen molar-refractivity contribution in [3.8, 4) is 0 Å². The second-order valence-electron chi connectivity index (χ2n) is 4.33. The van der Waals surface area contributed by atoms with Gasteiger partial charge in [0.15, 0.2) is 0 Å². The molecule has 0 radical (unpaired) electrons. The van der Waals surface area contributed by atoms with Gasteiger partial charge in [0.05, 0.1) is 0 Å². The Labute approximate surface area is 92.3 Å². The lowest BCUT2D eigenvalue weighted by Gasteiger charge is -2.07. The molecule has 80 valence electrons. The van der Waals surface area contributed by atoms with Gasteiger partial charge in [-0.05, 0) is 30.9 Å². The van der Waals surface area contributed by atoms with Crippen LogP contribution in [0, 0.1) is 25.2 Å². The molecular weight excluding hydrogens is 182 g/mol. The van der Waals surface area contributed by atoms with Crippen LogP contribution >= 0.6 is 0 Å². The Morgan fingerprint density at radius 2 is 1.87 bits per heavy atom. The molecule has 1 aromatic carbocycles. The summed E-state index contributed by atoms with van der Waals surface area (Å²) in [5, 5.41) is 7.42. The monoisotopic (exact) mass is 201 g/mol. The normalized spacial score (nSPS) is 11.3. The number of aryl methyl sites for hydroxylation is 2.